The summed E-state index contributed by atoms with van der Waals surface area (Å²) in [6.07, 6.45) is -0.0466. The molecule has 1 rings (SSSR count). The van der Waals surface area contributed by atoms with Gasteiger partial charge in [-0.15, -0.1) is 0 Å². The fourth-order valence-corrected chi connectivity index (χ4v) is 1.29. The van der Waals surface area contributed by atoms with Gasteiger partial charge in [0, 0.05) is 19.6 Å². The summed E-state index contributed by atoms with van der Waals surface area (Å²) in [5, 5.41) is 17.1. The van der Waals surface area contributed by atoms with Crippen LogP contribution in [0.3, 0.4) is 0 Å². The van der Waals surface area contributed by atoms with Crippen LogP contribution in [0.4, 0.5) is 0 Å². The molecule has 2 unspecified atom stereocenters. The summed E-state index contributed by atoms with van der Waals surface area (Å²) in [6, 6.07) is 0. The Kier molecular flexibility index (Phi) is 2.53. The van der Waals surface area contributed by atoms with Crippen molar-refractivity contribution in [2.45, 2.75) is 12.0 Å². The molecule has 0 bridgehead atoms. The van der Waals surface area contributed by atoms with Crippen LogP contribution in [0.1, 0.15) is 6.42 Å². The van der Waals surface area contributed by atoms with Crippen LogP contribution in [0.5, 0.6) is 0 Å². The van der Waals surface area contributed by atoms with Crippen LogP contribution in [-0.2, 0) is 9.59 Å². The van der Waals surface area contributed by atoms with Crippen LogP contribution in [0.15, 0.2) is 0 Å². The van der Waals surface area contributed by atoms with Gasteiger partial charge in [0.05, 0.1) is 6.42 Å². The first-order chi connectivity index (χ1) is 6.03. The van der Waals surface area contributed by atoms with Crippen molar-refractivity contribution in [1.82, 2.24) is 4.90 Å². The van der Waals surface area contributed by atoms with Gasteiger partial charge in [-0.1, -0.05) is 0 Å². The number of aliphatic carboxylic acids is 2. The molecular formula is C7H12N2O4. The maximum atomic E-state index is 10.7. The summed E-state index contributed by atoms with van der Waals surface area (Å²) in [7, 11) is 0. The smallest absolute Gasteiger partial charge is 0.326 e. The second kappa shape index (κ2) is 3.31. The molecule has 13 heavy (non-hydrogen) atoms. The SMILES string of the molecule is NCC1(C(=O)O)CN1CCC(=O)O. The fraction of sp³-hybridized carbons (Fsp3) is 0.714. The Hall–Kier alpha value is -1.14. The van der Waals surface area contributed by atoms with Crippen molar-refractivity contribution in [3.8, 4) is 0 Å². The van der Waals surface area contributed by atoms with E-state index in [1.807, 2.05) is 0 Å². The number of carboxylic acids is 2. The average molecular weight is 188 g/mol. The van der Waals surface area contributed by atoms with Crippen LogP contribution in [0.2, 0.25) is 0 Å². The monoisotopic (exact) mass is 188 g/mol. The van der Waals surface area contributed by atoms with Gasteiger partial charge in [-0.25, -0.2) is 0 Å². The largest absolute Gasteiger partial charge is 0.481 e. The minimum atomic E-state index is -0.991. The molecule has 1 heterocycles. The van der Waals surface area contributed by atoms with Crippen molar-refractivity contribution in [3.05, 3.63) is 0 Å². The van der Waals surface area contributed by atoms with E-state index in [-0.39, 0.29) is 19.5 Å². The molecule has 0 aromatic carbocycles. The molecule has 0 spiro atoms. The Morgan fingerprint density at radius 1 is 1.46 bits per heavy atom. The van der Waals surface area contributed by atoms with Crippen LogP contribution >= 0.6 is 0 Å². The Labute approximate surface area is 74.9 Å². The number of nitrogens with two attached hydrogens (primary N) is 1. The summed E-state index contributed by atoms with van der Waals surface area (Å²) in [4.78, 5) is 22.5. The summed E-state index contributed by atoms with van der Waals surface area (Å²) in [5.74, 6) is -1.90. The second-order valence-electron chi connectivity index (χ2n) is 3.11. The van der Waals surface area contributed by atoms with Gasteiger partial charge in [0.1, 0.15) is 5.54 Å². The molecule has 0 amide bonds. The van der Waals surface area contributed by atoms with E-state index in [2.05, 4.69) is 0 Å². The highest BCUT2D eigenvalue weighted by Crippen LogP contribution is 2.31. The standard InChI is InChI=1S/C7H12N2O4/c8-3-7(6(12)13)4-9(7)2-1-5(10)11/h1-4,8H2,(H,10,11)(H,12,13). The zero-order valence-corrected chi connectivity index (χ0v) is 7.06. The van der Waals surface area contributed by atoms with Gasteiger partial charge in [0.25, 0.3) is 0 Å². The Bertz CT molecular complexity index is 243. The molecule has 4 N–H and O–H groups in total. The van der Waals surface area contributed by atoms with E-state index in [9.17, 15) is 9.59 Å². The summed E-state index contributed by atoms with van der Waals surface area (Å²) >= 11 is 0. The Balaban J connectivity index is 2.42. The van der Waals surface area contributed by atoms with Crippen LogP contribution in [0, 0.1) is 0 Å². The molecule has 0 saturated carbocycles. The lowest BCUT2D eigenvalue weighted by molar-refractivity contribution is -0.142. The molecule has 1 fully saturated rings. The number of rotatable bonds is 5. The quantitative estimate of drug-likeness (QED) is 0.456. The molecule has 6 heteroatoms. The molecule has 6 nitrogen and oxygen atoms in total. The maximum Gasteiger partial charge on any atom is 0.326 e. The predicted molar refractivity (Wildman–Crippen MR) is 43.2 cm³/mol. The number of carbonyl (C=O) groups is 2. The first-order valence-corrected chi connectivity index (χ1v) is 3.93. The zero-order valence-electron chi connectivity index (χ0n) is 7.06. The van der Waals surface area contributed by atoms with Crippen molar-refractivity contribution in [2.75, 3.05) is 19.6 Å². The van der Waals surface area contributed by atoms with E-state index < -0.39 is 17.5 Å². The van der Waals surface area contributed by atoms with E-state index in [4.69, 9.17) is 15.9 Å². The molecule has 2 atom stereocenters. The number of hydrogen-bond donors (Lipinski definition) is 3. The van der Waals surface area contributed by atoms with Crippen LogP contribution in [-0.4, -0.2) is 52.2 Å². The molecule has 1 saturated heterocycles. The lowest BCUT2D eigenvalue weighted by Gasteiger charge is -2.08. The summed E-state index contributed by atoms with van der Waals surface area (Å²) in [5.41, 5.74) is 4.31. The number of carboxylic acid groups (broad SMARTS) is 2. The fourth-order valence-electron chi connectivity index (χ4n) is 1.29. The van der Waals surface area contributed by atoms with E-state index in [1.165, 1.54) is 0 Å². The molecule has 0 aromatic heterocycles. The first-order valence-electron chi connectivity index (χ1n) is 3.93. The van der Waals surface area contributed by atoms with E-state index >= 15 is 0 Å². The first kappa shape index (κ1) is 9.94. The third-order valence-electron chi connectivity index (χ3n) is 2.29. The summed E-state index contributed by atoms with van der Waals surface area (Å²) < 4.78 is 0. The third kappa shape index (κ3) is 1.78. The topological polar surface area (TPSA) is 104 Å². The van der Waals surface area contributed by atoms with E-state index in [1.54, 1.807) is 4.90 Å². The minimum absolute atomic E-state index is 0.0297. The Morgan fingerprint density at radius 2 is 2.08 bits per heavy atom. The van der Waals surface area contributed by atoms with Crippen molar-refractivity contribution in [2.24, 2.45) is 5.73 Å². The van der Waals surface area contributed by atoms with Gasteiger partial charge >= 0.3 is 11.9 Å². The van der Waals surface area contributed by atoms with Gasteiger partial charge in [-0.05, 0) is 0 Å². The molecule has 74 valence electrons. The molecule has 0 radical (unpaired) electrons. The molecule has 1 aliphatic rings. The third-order valence-corrected chi connectivity index (χ3v) is 2.29. The molecule has 0 aliphatic carbocycles. The lowest BCUT2D eigenvalue weighted by atomic mass is 10.1. The van der Waals surface area contributed by atoms with Gasteiger partial charge in [0.15, 0.2) is 0 Å². The minimum Gasteiger partial charge on any atom is -0.481 e. The average Bonchev–Trinajstić information content (AvgIpc) is 2.75. The van der Waals surface area contributed by atoms with Crippen molar-refractivity contribution in [3.63, 3.8) is 0 Å². The molecule has 1 aliphatic heterocycles. The summed E-state index contributed by atoms with van der Waals surface area (Å²) in [6.45, 7) is 0.632. The van der Waals surface area contributed by atoms with Gasteiger partial charge in [-0.2, -0.15) is 0 Å². The number of hydrogen-bond acceptors (Lipinski definition) is 4. The zero-order chi connectivity index (χ0) is 10.1. The van der Waals surface area contributed by atoms with Crippen molar-refractivity contribution >= 4 is 11.9 Å². The van der Waals surface area contributed by atoms with Gasteiger partial charge in [0.2, 0.25) is 0 Å². The predicted octanol–water partition coefficient (Wildman–Crippen LogP) is -1.44. The highest BCUT2D eigenvalue weighted by Gasteiger charge is 2.57. The second-order valence-corrected chi connectivity index (χ2v) is 3.11. The van der Waals surface area contributed by atoms with Crippen LogP contribution in [0.25, 0.3) is 0 Å². The highest BCUT2D eigenvalue weighted by molar-refractivity contribution is 5.83. The molecular weight excluding hydrogens is 176 g/mol. The van der Waals surface area contributed by atoms with Gasteiger partial charge < -0.3 is 15.9 Å². The van der Waals surface area contributed by atoms with E-state index in [0.29, 0.717) is 6.54 Å². The van der Waals surface area contributed by atoms with Crippen molar-refractivity contribution in [1.29, 1.82) is 0 Å². The Morgan fingerprint density at radius 3 is 2.38 bits per heavy atom. The molecule has 0 aromatic rings. The van der Waals surface area contributed by atoms with Gasteiger partial charge in [-0.3, -0.25) is 14.5 Å². The lowest BCUT2D eigenvalue weighted by Crippen LogP contribution is -2.38. The maximum absolute atomic E-state index is 10.7. The van der Waals surface area contributed by atoms with E-state index in [0.717, 1.165) is 0 Å². The number of nitrogens with zero attached hydrogens (tertiary/aromatic N) is 1. The normalized spacial score (nSPS) is 31.3. The van der Waals surface area contributed by atoms with Crippen molar-refractivity contribution < 1.29 is 19.8 Å². The van der Waals surface area contributed by atoms with Crippen LogP contribution < -0.4 is 5.73 Å². The highest BCUT2D eigenvalue weighted by atomic mass is 16.4.